The minimum Gasteiger partial charge on any atom is -0.372 e. The van der Waals surface area contributed by atoms with Crippen molar-refractivity contribution < 1.29 is 9.90 Å². The molecule has 1 aliphatic rings. The molecule has 2 N–H and O–H groups in total. The van der Waals surface area contributed by atoms with Gasteiger partial charge in [-0.25, -0.2) is 0 Å². The van der Waals surface area contributed by atoms with E-state index in [9.17, 15) is 9.90 Å². The first-order valence-electron chi connectivity index (χ1n) is 11.1. The molecule has 0 spiro atoms. The number of aromatic nitrogens is 1. The summed E-state index contributed by atoms with van der Waals surface area (Å²) < 4.78 is 0. The molecule has 162 valence electrons. The SMILES string of the molecule is Cc1ccc(C(C)C)cc1CN1C(=O)[C@](O)(c2c(C)[nH]c3ccccc23)c2ccccc21. The van der Waals surface area contributed by atoms with Crippen molar-refractivity contribution in [1.82, 2.24) is 4.98 Å². The van der Waals surface area contributed by atoms with Gasteiger partial charge < -0.3 is 15.0 Å². The third kappa shape index (κ3) is 2.90. The van der Waals surface area contributed by atoms with Crippen LogP contribution in [0.15, 0.2) is 66.7 Å². The van der Waals surface area contributed by atoms with Crippen LogP contribution < -0.4 is 4.90 Å². The average Bonchev–Trinajstić information content (AvgIpc) is 3.22. The number of aryl methyl sites for hydroxylation is 2. The molecule has 0 unspecified atom stereocenters. The standard InChI is InChI=1S/C28H28N2O2/c1-17(2)20-14-13-18(3)21(15-20)16-30-25-12-8-6-10-23(25)28(32,27(30)31)26-19(4)29-24-11-7-5-9-22(24)26/h5-15,17,29,32H,16H2,1-4H3/t28-/m1/s1. The van der Waals surface area contributed by atoms with Gasteiger partial charge in [0, 0.05) is 27.7 Å². The molecule has 0 saturated carbocycles. The third-order valence-electron chi connectivity index (χ3n) is 6.76. The maximum Gasteiger partial charge on any atom is 0.268 e. The number of rotatable bonds is 4. The van der Waals surface area contributed by atoms with Gasteiger partial charge >= 0.3 is 0 Å². The second-order valence-corrected chi connectivity index (χ2v) is 9.13. The van der Waals surface area contributed by atoms with Gasteiger partial charge in [-0.2, -0.15) is 0 Å². The number of benzene rings is 3. The molecule has 5 rings (SSSR count). The Hall–Kier alpha value is -3.37. The molecule has 32 heavy (non-hydrogen) atoms. The molecular weight excluding hydrogens is 396 g/mol. The van der Waals surface area contributed by atoms with Crippen LogP contribution in [0, 0.1) is 13.8 Å². The van der Waals surface area contributed by atoms with Crippen molar-refractivity contribution in [3.8, 4) is 0 Å². The lowest BCUT2D eigenvalue weighted by molar-refractivity contribution is -0.132. The van der Waals surface area contributed by atoms with Crippen LogP contribution in [0.5, 0.6) is 0 Å². The van der Waals surface area contributed by atoms with Gasteiger partial charge in [0.2, 0.25) is 0 Å². The smallest absolute Gasteiger partial charge is 0.268 e. The largest absolute Gasteiger partial charge is 0.372 e. The quantitative estimate of drug-likeness (QED) is 0.442. The molecule has 3 aromatic carbocycles. The zero-order valence-corrected chi connectivity index (χ0v) is 18.9. The van der Waals surface area contributed by atoms with Gasteiger partial charge in [0.1, 0.15) is 0 Å². The summed E-state index contributed by atoms with van der Waals surface area (Å²) in [6, 6.07) is 21.9. The highest BCUT2D eigenvalue weighted by atomic mass is 16.3. The van der Waals surface area contributed by atoms with Crippen LogP contribution in [0.25, 0.3) is 10.9 Å². The van der Waals surface area contributed by atoms with Crippen LogP contribution in [0.2, 0.25) is 0 Å². The highest BCUT2D eigenvalue weighted by Crippen LogP contribution is 2.48. The van der Waals surface area contributed by atoms with E-state index in [1.807, 2.05) is 55.5 Å². The van der Waals surface area contributed by atoms with Crippen molar-refractivity contribution in [2.45, 2.75) is 45.8 Å². The average molecular weight is 425 g/mol. The maximum absolute atomic E-state index is 14.0. The zero-order valence-electron chi connectivity index (χ0n) is 18.9. The van der Waals surface area contributed by atoms with Crippen molar-refractivity contribution in [1.29, 1.82) is 0 Å². The predicted octanol–water partition coefficient (Wildman–Crippen LogP) is 5.69. The number of para-hydroxylation sites is 2. The fraction of sp³-hybridized carbons (Fsp3) is 0.250. The fourth-order valence-electron chi connectivity index (χ4n) is 4.97. The second-order valence-electron chi connectivity index (χ2n) is 9.13. The van der Waals surface area contributed by atoms with E-state index in [-0.39, 0.29) is 5.91 Å². The number of aliphatic hydroxyl groups is 1. The Kier molecular flexibility index (Phi) is 4.72. The lowest BCUT2D eigenvalue weighted by atomic mass is 9.85. The lowest BCUT2D eigenvalue weighted by Gasteiger charge is -2.25. The van der Waals surface area contributed by atoms with Gasteiger partial charge in [0.15, 0.2) is 5.60 Å². The number of aromatic amines is 1. The van der Waals surface area contributed by atoms with Crippen molar-refractivity contribution in [3.63, 3.8) is 0 Å². The van der Waals surface area contributed by atoms with E-state index in [1.54, 1.807) is 4.90 Å². The Morgan fingerprint density at radius 3 is 2.50 bits per heavy atom. The Labute approximate surface area is 188 Å². The summed E-state index contributed by atoms with van der Waals surface area (Å²) in [7, 11) is 0. The Bertz CT molecular complexity index is 1350. The molecular formula is C28H28N2O2. The van der Waals surface area contributed by atoms with Crippen LogP contribution >= 0.6 is 0 Å². The fourth-order valence-corrected chi connectivity index (χ4v) is 4.97. The maximum atomic E-state index is 14.0. The van der Waals surface area contributed by atoms with Crippen LogP contribution in [-0.4, -0.2) is 16.0 Å². The second kappa shape index (κ2) is 7.35. The van der Waals surface area contributed by atoms with E-state index in [1.165, 1.54) is 5.56 Å². The van der Waals surface area contributed by atoms with Gasteiger partial charge in [-0.3, -0.25) is 4.79 Å². The van der Waals surface area contributed by atoms with Crippen molar-refractivity contribution in [3.05, 3.63) is 100 Å². The normalized spacial score (nSPS) is 18.1. The minimum atomic E-state index is -1.73. The highest BCUT2D eigenvalue weighted by molar-refractivity contribution is 6.11. The van der Waals surface area contributed by atoms with E-state index < -0.39 is 5.60 Å². The van der Waals surface area contributed by atoms with Crippen molar-refractivity contribution in [2.75, 3.05) is 4.90 Å². The van der Waals surface area contributed by atoms with E-state index in [4.69, 9.17) is 0 Å². The minimum absolute atomic E-state index is 0.305. The van der Waals surface area contributed by atoms with Crippen LogP contribution in [-0.2, 0) is 16.9 Å². The van der Waals surface area contributed by atoms with Gasteiger partial charge in [-0.1, -0.05) is 68.4 Å². The first-order valence-corrected chi connectivity index (χ1v) is 11.1. The number of H-pyrrole nitrogens is 1. The van der Waals surface area contributed by atoms with Crippen LogP contribution in [0.3, 0.4) is 0 Å². The molecule has 4 aromatic rings. The number of nitrogens with one attached hydrogen (secondary N) is 1. The summed E-state index contributed by atoms with van der Waals surface area (Å²) in [5.41, 5.74) is 5.50. The molecule has 0 fully saturated rings. The molecule has 0 saturated heterocycles. The molecule has 4 heteroatoms. The van der Waals surface area contributed by atoms with E-state index in [2.05, 4.69) is 44.0 Å². The Morgan fingerprint density at radius 2 is 1.72 bits per heavy atom. The lowest BCUT2D eigenvalue weighted by Crippen LogP contribution is -2.41. The summed E-state index contributed by atoms with van der Waals surface area (Å²) >= 11 is 0. The van der Waals surface area contributed by atoms with Gasteiger partial charge in [-0.05, 0) is 48.6 Å². The Balaban J connectivity index is 1.67. The summed E-state index contributed by atoms with van der Waals surface area (Å²) in [4.78, 5) is 19.1. The molecule has 0 aliphatic carbocycles. The van der Waals surface area contributed by atoms with Gasteiger partial charge in [-0.15, -0.1) is 0 Å². The molecule has 1 aromatic heterocycles. The molecule has 0 bridgehead atoms. The molecule has 1 atom stereocenters. The van der Waals surface area contributed by atoms with Crippen LogP contribution in [0.1, 0.15) is 53.3 Å². The summed E-state index contributed by atoms with van der Waals surface area (Å²) in [6.07, 6.45) is 0. The summed E-state index contributed by atoms with van der Waals surface area (Å²) in [6.45, 7) is 8.75. The topological polar surface area (TPSA) is 56.3 Å². The number of anilines is 1. The molecule has 0 radical (unpaired) electrons. The molecule has 1 aliphatic heterocycles. The number of amides is 1. The third-order valence-corrected chi connectivity index (χ3v) is 6.76. The van der Waals surface area contributed by atoms with E-state index in [0.29, 0.717) is 23.6 Å². The zero-order chi connectivity index (χ0) is 22.6. The van der Waals surface area contributed by atoms with Crippen LogP contribution in [0.4, 0.5) is 5.69 Å². The van der Waals surface area contributed by atoms with E-state index in [0.717, 1.165) is 33.4 Å². The predicted molar refractivity (Wildman–Crippen MR) is 129 cm³/mol. The van der Waals surface area contributed by atoms with Gasteiger partial charge in [0.05, 0.1) is 12.2 Å². The number of fused-ring (bicyclic) bond motifs is 2. The van der Waals surface area contributed by atoms with E-state index >= 15 is 0 Å². The summed E-state index contributed by atoms with van der Waals surface area (Å²) in [5, 5.41) is 13.0. The Morgan fingerprint density at radius 1 is 1.00 bits per heavy atom. The monoisotopic (exact) mass is 424 g/mol. The summed E-state index contributed by atoms with van der Waals surface area (Å²) in [5.74, 6) is 0.0996. The first-order chi connectivity index (χ1) is 15.3. The van der Waals surface area contributed by atoms with Gasteiger partial charge in [0.25, 0.3) is 5.91 Å². The number of hydrogen-bond donors (Lipinski definition) is 2. The number of hydrogen-bond acceptors (Lipinski definition) is 2. The molecule has 1 amide bonds. The van der Waals surface area contributed by atoms with Crippen molar-refractivity contribution in [2.24, 2.45) is 0 Å². The number of carbonyl (C=O) groups is 1. The molecule has 2 heterocycles. The number of nitrogens with zero attached hydrogens (tertiary/aromatic N) is 1. The number of carbonyl (C=O) groups excluding carboxylic acids is 1. The molecule has 4 nitrogen and oxygen atoms in total. The van der Waals surface area contributed by atoms with Crippen molar-refractivity contribution >= 4 is 22.5 Å². The highest BCUT2D eigenvalue weighted by Gasteiger charge is 2.52. The first kappa shape index (κ1) is 20.5.